The number of morpholine rings is 1. The van der Waals surface area contributed by atoms with Gasteiger partial charge in [-0.3, -0.25) is 9.69 Å². The molecule has 2 amide bonds. The normalized spacial score (nSPS) is 17.2. The molecule has 0 saturated carbocycles. The predicted octanol–water partition coefficient (Wildman–Crippen LogP) is 0.603. The molecule has 1 heterocycles. The van der Waals surface area contributed by atoms with Crippen molar-refractivity contribution in [3.05, 3.63) is 0 Å². The zero-order chi connectivity index (χ0) is 15.7. The molecule has 1 aliphatic rings. The van der Waals surface area contributed by atoms with Gasteiger partial charge in [0, 0.05) is 32.2 Å². The van der Waals surface area contributed by atoms with E-state index in [1.54, 1.807) is 11.8 Å². The zero-order valence-corrected chi connectivity index (χ0v) is 13.0. The third kappa shape index (κ3) is 6.77. The molecule has 7 nitrogen and oxygen atoms in total. The quantitative estimate of drug-likeness (QED) is 0.642. The summed E-state index contributed by atoms with van der Waals surface area (Å²) in [4.78, 5) is 26.6. The molecule has 21 heavy (non-hydrogen) atoms. The molecule has 0 radical (unpaired) electrons. The van der Waals surface area contributed by atoms with Gasteiger partial charge in [-0.15, -0.1) is 0 Å². The fourth-order valence-electron chi connectivity index (χ4n) is 2.44. The van der Waals surface area contributed by atoms with E-state index in [0.29, 0.717) is 13.1 Å². The van der Waals surface area contributed by atoms with Crippen molar-refractivity contribution in [2.24, 2.45) is 0 Å². The van der Waals surface area contributed by atoms with E-state index >= 15 is 0 Å². The highest BCUT2D eigenvalue weighted by atomic mass is 16.5. The molecule has 0 spiro atoms. The van der Waals surface area contributed by atoms with Gasteiger partial charge in [0.15, 0.2) is 0 Å². The number of carboxylic acids is 1. The van der Waals surface area contributed by atoms with E-state index in [4.69, 9.17) is 9.84 Å². The van der Waals surface area contributed by atoms with Gasteiger partial charge in [-0.05, 0) is 26.8 Å². The number of nitrogens with one attached hydrogen (secondary N) is 1. The lowest BCUT2D eigenvalue weighted by Crippen LogP contribution is -2.46. The number of ether oxygens (including phenoxy) is 1. The number of aliphatic carboxylic acids is 1. The first-order valence-corrected chi connectivity index (χ1v) is 7.61. The molecule has 0 aliphatic carbocycles. The van der Waals surface area contributed by atoms with Gasteiger partial charge in [0.05, 0.1) is 19.6 Å². The van der Waals surface area contributed by atoms with Crippen LogP contribution in [0.4, 0.5) is 4.79 Å². The highest BCUT2D eigenvalue weighted by Gasteiger charge is 2.20. The molecule has 1 rings (SSSR count). The van der Waals surface area contributed by atoms with Crippen LogP contribution in [-0.2, 0) is 9.53 Å². The fourth-order valence-corrected chi connectivity index (χ4v) is 2.44. The molecule has 1 fully saturated rings. The lowest BCUT2D eigenvalue weighted by Gasteiger charge is -2.28. The Labute approximate surface area is 126 Å². The van der Waals surface area contributed by atoms with E-state index < -0.39 is 5.97 Å². The monoisotopic (exact) mass is 301 g/mol. The van der Waals surface area contributed by atoms with Crippen LogP contribution in [0.2, 0.25) is 0 Å². The van der Waals surface area contributed by atoms with Gasteiger partial charge >= 0.3 is 12.0 Å². The van der Waals surface area contributed by atoms with Crippen molar-refractivity contribution in [3.8, 4) is 0 Å². The van der Waals surface area contributed by atoms with Crippen molar-refractivity contribution in [2.45, 2.75) is 32.7 Å². The molecule has 0 aromatic carbocycles. The van der Waals surface area contributed by atoms with Gasteiger partial charge < -0.3 is 20.1 Å². The summed E-state index contributed by atoms with van der Waals surface area (Å²) in [6, 6.07) is -0.486. The SMILES string of the molecule is CCN(C(=O)NCCCN1CCOCC1)C(C)CC(=O)O. The minimum atomic E-state index is -0.888. The molecule has 1 atom stereocenters. The van der Waals surface area contributed by atoms with Crippen molar-refractivity contribution in [1.29, 1.82) is 0 Å². The van der Waals surface area contributed by atoms with Crippen molar-refractivity contribution < 1.29 is 19.4 Å². The zero-order valence-electron chi connectivity index (χ0n) is 13.0. The summed E-state index contributed by atoms with van der Waals surface area (Å²) >= 11 is 0. The van der Waals surface area contributed by atoms with Crippen LogP contribution in [0.15, 0.2) is 0 Å². The lowest BCUT2D eigenvalue weighted by molar-refractivity contribution is -0.138. The number of carboxylic acid groups (broad SMARTS) is 1. The number of amides is 2. The van der Waals surface area contributed by atoms with Gasteiger partial charge in [0.2, 0.25) is 0 Å². The standard InChI is InChI=1S/C14H27N3O4/c1-3-17(12(2)11-13(18)19)14(20)15-5-4-6-16-7-9-21-10-8-16/h12H,3-11H2,1-2H3,(H,15,20)(H,18,19). The molecule has 1 saturated heterocycles. The maximum absolute atomic E-state index is 12.0. The van der Waals surface area contributed by atoms with Crippen LogP contribution in [-0.4, -0.2) is 78.9 Å². The van der Waals surface area contributed by atoms with Gasteiger partial charge in [0.25, 0.3) is 0 Å². The average molecular weight is 301 g/mol. The molecule has 0 aromatic heterocycles. The Morgan fingerprint density at radius 3 is 2.62 bits per heavy atom. The van der Waals surface area contributed by atoms with Crippen LogP contribution >= 0.6 is 0 Å². The predicted molar refractivity (Wildman–Crippen MR) is 79.4 cm³/mol. The number of carbonyl (C=O) groups excluding carboxylic acids is 1. The third-order valence-electron chi connectivity index (χ3n) is 3.63. The molecule has 1 aliphatic heterocycles. The van der Waals surface area contributed by atoms with Crippen molar-refractivity contribution in [2.75, 3.05) is 45.9 Å². The average Bonchev–Trinajstić information content (AvgIpc) is 2.44. The minimum absolute atomic E-state index is 0.0327. The number of urea groups is 1. The number of rotatable bonds is 8. The maximum atomic E-state index is 12.0. The topological polar surface area (TPSA) is 82.1 Å². The second-order valence-corrected chi connectivity index (χ2v) is 5.27. The van der Waals surface area contributed by atoms with Crippen LogP contribution < -0.4 is 5.32 Å². The van der Waals surface area contributed by atoms with Gasteiger partial charge in [-0.25, -0.2) is 4.79 Å². The molecular formula is C14H27N3O4. The number of carbonyl (C=O) groups is 2. The summed E-state index contributed by atoms with van der Waals surface area (Å²) in [6.07, 6.45) is 0.853. The van der Waals surface area contributed by atoms with E-state index in [0.717, 1.165) is 39.3 Å². The van der Waals surface area contributed by atoms with Crippen molar-refractivity contribution in [3.63, 3.8) is 0 Å². The summed E-state index contributed by atoms with van der Waals surface area (Å²) in [5, 5.41) is 11.7. The molecule has 1 unspecified atom stereocenters. The van der Waals surface area contributed by atoms with Crippen molar-refractivity contribution >= 4 is 12.0 Å². The van der Waals surface area contributed by atoms with E-state index in [-0.39, 0.29) is 18.5 Å². The van der Waals surface area contributed by atoms with E-state index in [1.807, 2.05) is 6.92 Å². The van der Waals surface area contributed by atoms with Crippen LogP contribution in [0, 0.1) is 0 Å². The first-order chi connectivity index (χ1) is 10.0. The fraction of sp³-hybridized carbons (Fsp3) is 0.857. The third-order valence-corrected chi connectivity index (χ3v) is 3.63. The highest BCUT2D eigenvalue weighted by Crippen LogP contribution is 2.04. The van der Waals surface area contributed by atoms with Crippen LogP contribution in [0.3, 0.4) is 0 Å². The molecule has 7 heteroatoms. The Morgan fingerprint density at radius 1 is 1.38 bits per heavy atom. The Balaban J connectivity index is 2.22. The van der Waals surface area contributed by atoms with Gasteiger partial charge in [-0.2, -0.15) is 0 Å². The summed E-state index contributed by atoms with van der Waals surface area (Å²) in [7, 11) is 0. The number of nitrogens with zero attached hydrogens (tertiary/aromatic N) is 2. The number of hydrogen-bond donors (Lipinski definition) is 2. The molecular weight excluding hydrogens is 274 g/mol. The first-order valence-electron chi connectivity index (χ1n) is 7.61. The number of hydrogen-bond acceptors (Lipinski definition) is 4. The summed E-state index contributed by atoms with van der Waals surface area (Å²) in [5.74, 6) is -0.888. The molecule has 0 bridgehead atoms. The minimum Gasteiger partial charge on any atom is -0.481 e. The first kappa shape index (κ1) is 17.7. The van der Waals surface area contributed by atoms with Gasteiger partial charge in [-0.1, -0.05) is 0 Å². The Bertz CT molecular complexity index is 332. The Kier molecular flexibility index (Phi) is 8.07. The Morgan fingerprint density at radius 2 is 2.05 bits per heavy atom. The summed E-state index contributed by atoms with van der Waals surface area (Å²) in [6.45, 7) is 9.12. The highest BCUT2D eigenvalue weighted by molar-refractivity contribution is 5.75. The largest absolute Gasteiger partial charge is 0.481 e. The molecule has 122 valence electrons. The lowest BCUT2D eigenvalue weighted by atomic mass is 10.2. The molecule has 0 aromatic rings. The van der Waals surface area contributed by atoms with Crippen LogP contribution in [0.5, 0.6) is 0 Å². The Hall–Kier alpha value is -1.34. The van der Waals surface area contributed by atoms with E-state index in [1.165, 1.54) is 0 Å². The second-order valence-electron chi connectivity index (χ2n) is 5.27. The van der Waals surface area contributed by atoms with Gasteiger partial charge in [0.1, 0.15) is 0 Å². The van der Waals surface area contributed by atoms with Crippen molar-refractivity contribution in [1.82, 2.24) is 15.1 Å². The van der Waals surface area contributed by atoms with E-state index in [9.17, 15) is 9.59 Å². The second kappa shape index (κ2) is 9.57. The summed E-state index contributed by atoms with van der Waals surface area (Å²) in [5.41, 5.74) is 0. The van der Waals surface area contributed by atoms with Crippen LogP contribution in [0.25, 0.3) is 0 Å². The smallest absolute Gasteiger partial charge is 0.317 e. The maximum Gasteiger partial charge on any atom is 0.317 e. The van der Waals surface area contributed by atoms with Crippen LogP contribution in [0.1, 0.15) is 26.7 Å². The van der Waals surface area contributed by atoms with E-state index in [2.05, 4.69) is 10.2 Å². The summed E-state index contributed by atoms with van der Waals surface area (Å²) < 4.78 is 5.28. The molecule has 2 N–H and O–H groups in total.